The van der Waals surface area contributed by atoms with Gasteiger partial charge in [-0.1, -0.05) is 12.1 Å². The van der Waals surface area contributed by atoms with Gasteiger partial charge in [0.2, 0.25) is 0 Å². The number of imidazole rings is 2. The Labute approximate surface area is 363 Å². The minimum atomic E-state index is -1.44. The van der Waals surface area contributed by atoms with Crippen LogP contribution in [0.4, 0.5) is 31.5 Å². The third kappa shape index (κ3) is 8.68. The number of quaternary nitrogens is 1. The molecule has 1 atom stereocenters. The van der Waals surface area contributed by atoms with Crippen molar-refractivity contribution in [2.24, 2.45) is 0 Å². The second-order valence-corrected chi connectivity index (χ2v) is 16.1. The zero-order chi connectivity index (χ0) is 45.4. The van der Waals surface area contributed by atoms with E-state index < -0.39 is 34.8 Å². The molecule has 10 rings (SSSR count). The third-order valence-corrected chi connectivity index (χ3v) is 11.7. The van der Waals surface area contributed by atoms with Crippen molar-refractivity contribution in [3.05, 3.63) is 105 Å². The second kappa shape index (κ2) is 17.8. The number of H-pyrrole nitrogens is 4. The molecule has 0 bridgehead atoms. The molecule has 332 valence electrons. The minimum Gasteiger partial charge on any atom is -0.547 e. The number of hydrogen-bond acceptors (Lipinski definition) is 12. The number of halogens is 2. The number of carbonyl (C=O) groups is 1. The number of carboxylic acid groups (broad SMARTS) is 1. The van der Waals surface area contributed by atoms with Gasteiger partial charge in [0.1, 0.15) is 34.4 Å². The summed E-state index contributed by atoms with van der Waals surface area (Å²) in [5, 5.41) is 17.7. The maximum atomic E-state index is 14.3. The molecular weight excluding hydrogens is 827 g/mol. The number of nitrogens with two attached hydrogens (primary N) is 2. The number of anilines is 4. The van der Waals surface area contributed by atoms with E-state index in [4.69, 9.17) is 16.6 Å². The van der Waals surface area contributed by atoms with Gasteiger partial charge in [0.05, 0.1) is 101 Å². The van der Waals surface area contributed by atoms with Crippen molar-refractivity contribution in [3.63, 3.8) is 0 Å². The average Bonchev–Trinajstić information content (AvgIpc) is 3.88. The number of aromatic nitrogens is 6. The van der Waals surface area contributed by atoms with Crippen LogP contribution in [-0.2, 0) is 4.79 Å². The topological polar surface area (TPSA) is 250 Å². The molecule has 0 saturated carbocycles. The molecule has 19 heteroatoms. The van der Waals surface area contributed by atoms with E-state index in [-0.39, 0.29) is 33.3 Å². The molecule has 0 aliphatic carbocycles. The average molecular weight is 875 g/mol. The van der Waals surface area contributed by atoms with Crippen molar-refractivity contribution in [2.45, 2.75) is 13.0 Å². The number of fused-ring (bicyclic) bond motifs is 4. The fourth-order valence-corrected chi connectivity index (χ4v) is 7.98. The van der Waals surface area contributed by atoms with Crippen molar-refractivity contribution < 1.29 is 28.7 Å². The molecule has 17 nitrogen and oxygen atoms in total. The van der Waals surface area contributed by atoms with Crippen molar-refractivity contribution in [3.8, 4) is 22.8 Å². The minimum absolute atomic E-state index is 0.0835. The SMILES string of the molecule is CC(O)C(=O)[O-].CN1CCN(c2ccc3nc(-c4c(N)c5c(F)cccc5[nH]c4=O)[nH]c3c2)CC1.C[NH+]1CCN(c2ccc3nc(-c4c(N)c5c(F)cccc5[nH]c4=O)[nH]c3c2)CC1. The summed E-state index contributed by atoms with van der Waals surface area (Å²) in [5.41, 5.74) is 18.1. The first-order valence-corrected chi connectivity index (χ1v) is 20.8. The summed E-state index contributed by atoms with van der Waals surface area (Å²) >= 11 is 0. The van der Waals surface area contributed by atoms with Gasteiger partial charge >= 0.3 is 0 Å². The highest BCUT2D eigenvalue weighted by molar-refractivity contribution is 5.99. The molecule has 10 N–H and O–H groups in total. The van der Waals surface area contributed by atoms with E-state index in [1.165, 1.54) is 29.2 Å². The molecule has 2 aliphatic heterocycles. The van der Waals surface area contributed by atoms with E-state index in [0.717, 1.165) is 92.7 Å². The molecule has 2 fully saturated rings. The number of aromatic amines is 4. The smallest absolute Gasteiger partial charge is 0.261 e. The van der Waals surface area contributed by atoms with Gasteiger partial charge in [-0.3, -0.25) is 9.59 Å². The van der Waals surface area contributed by atoms with E-state index in [0.29, 0.717) is 22.7 Å². The summed E-state index contributed by atoms with van der Waals surface area (Å²) in [6.45, 7) is 9.27. The first-order valence-electron chi connectivity index (χ1n) is 20.8. The maximum absolute atomic E-state index is 14.3. The third-order valence-electron chi connectivity index (χ3n) is 11.7. The summed E-state index contributed by atoms with van der Waals surface area (Å²) in [6, 6.07) is 21.0. The van der Waals surface area contributed by atoms with Gasteiger partial charge in [-0.25, -0.2) is 18.7 Å². The maximum Gasteiger partial charge on any atom is 0.261 e. The number of piperazine rings is 2. The summed E-state index contributed by atoms with van der Waals surface area (Å²) in [4.78, 5) is 64.0. The lowest BCUT2D eigenvalue weighted by Crippen LogP contribution is -3.12. The first kappa shape index (κ1) is 43.3. The van der Waals surface area contributed by atoms with Crippen LogP contribution in [0.15, 0.2) is 82.4 Å². The predicted molar refractivity (Wildman–Crippen MR) is 243 cm³/mol. The number of carboxylic acids is 1. The Hall–Kier alpha value is -7.35. The number of pyridine rings is 2. The number of nitrogen functional groups attached to an aromatic ring is 2. The van der Waals surface area contributed by atoms with E-state index in [2.05, 4.69) is 58.7 Å². The number of aliphatic hydroxyl groups excluding tert-OH is 1. The lowest BCUT2D eigenvalue weighted by atomic mass is 10.1. The number of nitrogens with one attached hydrogen (secondary N) is 5. The Balaban J connectivity index is 0.000000156. The van der Waals surface area contributed by atoms with E-state index in [1.807, 2.05) is 36.4 Å². The van der Waals surface area contributed by atoms with Crippen LogP contribution in [0.3, 0.4) is 0 Å². The summed E-state index contributed by atoms with van der Waals surface area (Å²) < 4.78 is 28.6. The zero-order valence-electron chi connectivity index (χ0n) is 35.4. The van der Waals surface area contributed by atoms with Crippen LogP contribution in [0.2, 0.25) is 0 Å². The van der Waals surface area contributed by atoms with Crippen LogP contribution in [0.25, 0.3) is 66.6 Å². The number of carbonyl (C=O) groups excluding carboxylic acids is 1. The number of benzene rings is 4. The Morgan fingerprint density at radius 1 is 0.703 bits per heavy atom. The normalized spacial score (nSPS) is 15.3. The quantitative estimate of drug-likeness (QED) is 0.123. The lowest BCUT2D eigenvalue weighted by molar-refractivity contribution is -0.880. The van der Waals surface area contributed by atoms with Crippen LogP contribution < -0.4 is 42.4 Å². The van der Waals surface area contributed by atoms with Gasteiger partial charge in [0.15, 0.2) is 0 Å². The molecule has 4 aromatic heterocycles. The number of aliphatic hydroxyl groups is 1. The van der Waals surface area contributed by atoms with Gasteiger partial charge in [-0.2, -0.15) is 0 Å². The molecule has 64 heavy (non-hydrogen) atoms. The van der Waals surface area contributed by atoms with Crippen molar-refractivity contribution in [1.82, 2.24) is 34.8 Å². The highest BCUT2D eigenvalue weighted by Gasteiger charge is 2.22. The molecule has 0 radical (unpaired) electrons. The Morgan fingerprint density at radius 2 is 1.12 bits per heavy atom. The number of aliphatic carboxylic acids is 1. The Morgan fingerprint density at radius 3 is 1.55 bits per heavy atom. The fourth-order valence-electron chi connectivity index (χ4n) is 7.98. The van der Waals surface area contributed by atoms with Crippen molar-refractivity contribution in [2.75, 3.05) is 87.7 Å². The van der Waals surface area contributed by atoms with E-state index >= 15 is 0 Å². The number of rotatable bonds is 5. The summed E-state index contributed by atoms with van der Waals surface area (Å²) in [7, 11) is 4.33. The van der Waals surface area contributed by atoms with Gasteiger partial charge in [0.25, 0.3) is 11.1 Å². The molecule has 2 saturated heterocycles. The summed E-state index contributed by atoms with van der Waals surface area (Å²) in [6.07, 6.45) is -1.34. The predicted octanol–water partition coefficient (Wildman–Crippen LogP) is 1.79. The number of hydrogen-bond donors (Lipinski definition) is 8. The van der Waals surface area contributed by atoms with Crippen LogP contribution in [0.1, 0.15) is 6.92 Å². The number of likely N-dealkylation sites (N-methyl/N-ethyl adjacent to an activating group) is 2. The monoisotopic (exact) mass is 874 g/mol. The number of nitrogens with zero attached hydrogens (tertiary/aromatic N) is 5. The molecular formula is C45H48F2N12O5. The molecule has 0 amide bonds. The highest BCUT2D eigenvalue weighted by Crippen LogP contribution is 2.32. The highest BCUT2D eigenvalue weighted by atomic mass is 19.1. The molecule has 6 heterocycles. The summed E-state index contributed by atoms with van der Waals surface area (Å²) in [5.74, 6) is -1.72. The van der Waals surface area contributed by atoms with E-state index in [9.17, 15) is 28.3 Å². The molecule has 0 spiro atoms. The molecule has 1 unspecified atom stereocenters. The molecule has 8 aromatic rings. The molecule has 2 aliphatic rings. The Bertz CT molecular complexity index is 2950. The van der Waals surface area contributed by atoms with Crippen molar-refractivity contribution >= 4 is 72.6 Å². The first-order chi connectivity index (χ1) is 30.7. The van der Waals surface area contributed by atoms with Crippen LogP contribution in [-0.4, -0.2) is 118 Å². The van der Waals surface area contributed by atoms with Crippen LogP contribution in [0, 0.1) is 11.6 Å². The lowest BCUT2D eigenvalue weighted by Gasteiger charge is -2.34. The fraction of sp³-hybridized carbons (Fsp3) is 0.267. The van der Waals surface area contributed by atoms with E-state index in [1.54, 1.807) is 12.1 Å². The zero-order valence-corrected chi connectivity index (χ0v) is 35.4. The van der Waals surface area contributed by atoms with Gasteiger partial charge < -0.3 is 66.0 Å². The van der Waals surface area contributed by atoms with Gasteiger partial charge in [-0.05, 0) is 74.6 Å². The Kier molecular flexibility index (Phi) is 12.0. The largest absolute Gasteiger partial charge is 0.547 e. The van der Waals surface area contributed by atoms with Crippen molar-refractivity contribution in [1.29, 1.82) is 0 Å². The van der Waals surface area contributed by atoms with Gasteiger partial charge in [-0.15, -0.1) is 0 Å². The molecule has 4 aromatic carbocycles. The standard InChI is InChI=1S/2C21H21FN6O.C3H6O3/c2*1-27-7-9-28(10-8-27)12-5-6-14-16(11-12)25-20(24-14)18-19(23)17-13(22)3-2-4-15(17)26-21(18)29;1-2(4)3(5)6/h2*2-6,11H,7-10H2,1H3,(H,24,25)(H3,23,26,29);2,4H,1H3,(H,5,6). The van der Waals surface area contributed by atoms with Crippen LogP contribution in [0.5, 0.6) is 0 Å². The second-order valence-electron chi connectivity index (χ2n) is 16.1. The van der Waals surface area contributed by atoms with Crippen LogP contribution >= 0.6 is 0 Å². The van der Waals surface area contributed by atoms with Gasteiger partial charge in [0, 0.05) is 37.6 Å².